The van der Waals surface area contributed by atoms with Gasteiger partial charge in [-0.3, -0.25) is 14.4 Å². The van der Waals surface area contributed by atoms with Gasteiger partial charge < -0.3 is 15.1 Å². The summed E-state index contributed by atoms with van der Waals surface area (Å²) in [7, 11) is 0. The van der Waals surface area contributed by atoms with E-state index in [-0.39, 0.29) is 17.3 Å². The molecule has 4 rings (SSSR count). The fourth-order valence-corrected chi connectivity index (χ4v) is 3.29. The number of hydrogen-bond donors (Lipinski definition) is 2. The lowest BCUT2D eigenvalue weighted by Gasteiger charge is -2.25. The molecule has 2 aromatic rings. The number of para-hydroxylation sites is 1. The Bertz CT molecular complexity index is 852. The van der Waals surface area contributed by atoms with Crippen LogP contribution >= 0.6 is 0 Å². The number of hydrogen-bond acceptors (Lipinski definition) is 4. The Labute approximate surface area is 138 Å². The number of aryl methyl sites for hydroxylation is 1. The summed E-state index contributed by atoms with van der Waals surface area (Å²) in [6.45, 7) is 0. The van der Waals surface area contributed by atoms with Crippen LogP contribution in [0.25, 0.3) is 0 Å². The van der Waals surface area contributed by atoms with Crippen LogP contribution in [0.4, 0.5) is 5.69 Å². The average molecular weight is 324 g/mol. The van der Waals surface area contributed by atoms with E-state index in [2.05, 4.69) is 10.6 Å². The van der Waals surface area contributed by atoms with Crippen LogP contribution in [-0.2, 0) is 17.6 Å². The molecule has 2 amide bonds. The first-order valence-corrected chi connectivity index (χ1v) is 7.96. The molecule has 0 radical (unpaired) electrons. The SMILES string of the molecule is O=C(NC1Cc2ccccc2NC1=O)c1coc2c1C(=O)CCC2. The number of carbonyl (C=O) groups is 3. The minimum absolute atomic E-state index is 0.0754. The smallest absolute Gasteiger partial charge is 0.255 e. The van der Waals surface area contributed by atoms with E-state index in [9.17, 15) is 14.4 Å². The minimum Gasteiger partial charge on any atom is -0.468 e. The van der Waals surface area contributed by atoms with Crippen LogP contribution in [0.3, 0.4) is 0 Å². The summed E-state index contributed by atoms with van der Waals surface area (Å²) in [5, 5.41) is 5.51. The summed E-state index contributed by atoms with van der Waals surface area (Å²) >= 11 is 0. The Morgan fingerprint density at radius 2 is 2.04 bits per heavy atom. The number of carbonyl (C=O) groups excluding carboxylic acids is 3. The summed E-state index contributed by atoms with van der Waals surface area (Å²) in [6.07, 6.45) is 3.55. The average Bonchev–Trinajstić information content (AvgIpc) is 3.01. The monoisotopic (exact) mass is 324 g/mol. The Balaban J connectivity index is 1.56. The van der Waals surface area contributed by atoms with Crippen LogP contribution in [0.5, 0.6) is 0 Å². The van der Waals surface area contributed by atoms with Crippen molar-refractivity contribution in [3.05, 3.63) is 53.0 Å². The topological polar surface area (TPSA) is 88.4 Å². The number of benzene rings is 1. The molecule has 1 atom stereocenters. The molecular formula is C18H16N2O4. The van der Waals surface area contributed by atoms with Gasteiger partial charge in [-0.15, -0.1) is 0 Å². The van der Waals surface area contributed by atoms with Crippen LogP contribution in [0.15, 0.2) is 34.9 Å². The van der Waals surface area contributed by atoms with Gasteiger partial charge >= 0.3 is 0 Å². The van der Waals surface area contributed by atoms with E-state index in [0.29, 0.717) is 30.6 Å². The van der Waals surface area contributed by atoms with E-state index in [4.69, 9.17) is 4.42 Å². The second kappa shape index (κ2) is 5.63. The molecule has 1 aliphatic carbocycles. The number of furan rings is 1. The lowest BCUT2D eigenvalue weighted by molar-refractivity contribution is -0.118. The highest BCUT2D eigenvalue weighted by Gasteiger charge is 2.31. The molecule has 0 spiro atoms. The van der Waals surface area contributed by atoms with Gasteiger partial charge in [0.25, 0.3) is 5.91 Å². The van der Waals surface area contributed by atoms with Crippen LogP contribution in [0.1, 0.15) is 44.9 Å². The zero-order chi connectivity index (χ0) is 16.7. The van der Waals surface area contributed by atoms with E-state index in [0.717, 1.165) is 17.7 Å². The first-order valence-electron chi connectivity index (χ1n) is 7.96. The van der Waals surface area contributed by atoms with E-state index in [1.54, 1.807) is 0 Å². The van der Waals surface area contributed by atoms with Crippen molar-refractivity contribution >= 4 is 23.3 Å². The molecule has 1 aromatic carbocycles. The molecule has 0 bridgehead atoms. The zero-order valence-electron chi connectivity index (χ0n) is 12.9. The molecule has 6 heteroatoms. The number of Topliss-reactive ketones (excluding diaryl/α,β-unsaturated/α-hetero) is 1. The van der Waals surface area contributed by atoms with Gasteiger partial charge in [0, 0.05) is 24.9 Å². The van der Waals surface area contributed by atoms with Crippen molar-refractivity contribution in [3.63, 3.8) is 0 Å². The van der Waals surface area contributed by atoms with Crippen molar-refractivity contribution in [2.45, 2.75) is 31.7 Å². The molecule has 0 fully saturated rings. The molecular weight excluding hydrogens is 308 g/mol. The largest absolute Gasteiger partial charge is 0.468 e. The first kappa shape index (κ1) is 14.7. The molecule has 2 N–H and O–H groups in total. The minimum atomic E-state index is -0.670. The van der Waals surface area contributed by atoms with Crippen LogP contribution in [0, 0.1) is 0 Å². The van der Waals surface area contributed by atoms with E-state index in [1.807, 2.05) is 24.3 Å². The molecule has 6 nitrogen and oxygen atoms in total. The van der Waals surface area contributed by atoms with Gasteiger partial charge in [0.1, 0.15) is 18.1 Å². The number of amides is 2. The van der Waals surface area contributed by atoms with Crippen molar-refractivity contribution in [2.75, 3.05) is 5.32 Å². The molecule has 0 saturated carbocycles. The Kier molecular flexibility index (Phi) is 3.45. The first-order chi connectivity index (χ1) is 11.6. The lowest BCUT2D eigenvalue weighted by atomic mass is 9.93. The van der Waals surface area contributed by atoms with Crippen LogP contribution in [0.2, 0.25) is 0 Å². The predicted molar refractivity (Wildman–Crippen MR) is 86.0 cm³/mol. The quantitative estimate of drug-likeness (QED) is 0.885. The highest BCUT2D eigenvalue weighted by atomic mass is 16.3. The summed E-state index contributed by atoms with van der Waals surface area (Å²) < 4.78 is 5.37. The second-order valence-corrected chi connectivity index (χ2v) is 6.10. The van der Waals surface area contributed by atoms with E-state index < -0.39 is 11.9 Å². The lowest BCUT2D eigenvalue weighted by Crippen LogP contribution is -2.47. The van der Waals surface area contributed by atoms with Crippen molar-refractivity contribution in [3.8, 4) is 0 Å². The number of nitrogens with one attached hydrogen (secondary N) is 2. The maximum atomic E-state index is 12.5. The summed E-state index contributed by atoms with van der Waals surface area (Å²) in [5.41, 5.74) is 2.33. The number of rotatable bonds is 2. The molecule has 2 heterocycles. The van der Waals surface area contributed by atoms with Gasteiger partial charge in [-0.2, -0.15) is 0 Å². The highest BCUT2D eigenvalue weighted by Crippen LogP contribution is 2.27. The van der Waals surface area contributed by atoms with Crippen LogP contribution in [-0.4, -0.2) is 23.6 Å². The number of fused-ring (bicyclic) bond motifs is 2. The molecule has 24 heavy (non-hydrogen) atoms. The summed E-state index contributed by atoms with van der Waals surface area (Å²) in [6, 6.07) is 6.81. The standard InChI is InChI=1S/C18H16N2O4/c21-14-6-3-7-15-16(14)11(9-24-15)17(22)20-13-8-10-4-1-2-5-12(10)19-18(13)23/h1-2,4-5,9,13H,3,6-8H2,(H,19,23)(H,20,22). The molecule has 1 aliphatic heterocycles. The molecule has 0 saturated heterocycles. The fourth-order valence-electron chi connectivity index (χ4n) is 3.29. The Hall–Kier alpha value is -2.89. The molecule has 122 valence electrons. The van der Waals surface area contributed by atoms with Crippen molar-refractivity contribution in [1.82, 2.24) is 5.32 Å². The van der Waals surface area contributed by atoms with Crippen molar-refractivity contribution in [2.24, 2.45) is 0 Å². The maximum Gasteiger partial charge on any atom is 0.255 e. The van der Waals surface area contributed by atoms with Crippen LogP contribution < -0.4 is 10.6 Å². The predicted octanol–water partition coefficient (Wildman–Crippen LogP) is 2.09. The zero-order valence-corrected chi connectivity index (χ0v) is 12.9. The van der Waals surface area contributed by atoms with E-state index >= 15 is 0 Å². The molecule has 1 aromatic heterocycles. The Morgan fingerprint density at radius 3 is 2.92 bits per heavy atom. The molecule has 1 unspecified atom stereocenters. The van der Waals surface area contributed by atoms with Gasteiger partial charge in [0.2, 0.25) is 5.91 Å². The van der Waals surface area contributed by atoms with E-state index in [1.165, 1.54) is 6.26 Å². The van der Waals surface area contributed by atoms with Gasteiger partial charge in [0.05, 0.1) is 11.1 Å². The maximum absolute atomic E-state index is 12.5. The normalized spacial score (nSPS) is 19.2. The Morgan fingerprint density at radius 1 is 1.21 bits per heavy atom. The van der Waals surface area contributed by atoms with Gasteiger partial charge in [-0.1, -0.05) is 18.2 Å². The summed E-state index contributed by atoms with van der Waals surface area (Å²) in [5.74, 6) is -0.219. The van der Waals surface area contributed by atoms with Gasteiger partial charge in [-0.05, 0) is 18.1 Å². The van der Waals surface area contributed by atoms with Gasteiger partial charge in [0.15, 0.2) is 5.78 Å². The third-order valence-electron chi connectivity index (χ3n) is 4.52. The second-order valence-electron chi connectivity index (χ2n) is 6.10. The molecule has 2 aliphatic rings. The number of ketones is 1. The van der Waals surface area contributed by atoms with Crippen molar-refractivity contribution < 1.29 is 18.8 Å². The fraction of sp³-hybridized carbons (Fsp3) is 0.278. The third-order valence-corrected chi connectivity index (χ3v) is 4.52. The third kappa shape index (κ3) is 2.40. The highest BCUT2D eigenvalue weighted by molar-refractivity contribution is 6.10. The number of anilines is 1. The van der Waals surface area contributed by atoms with Crippen molar-refractivity contribution in [1.29, 1.82) is 0 Å². The summed E-state index contributed by atoms with van der Waals surface area (Å²) in [4.78, 5) is 36.8. The van der Waals surface area contributed by atoms with Gasteiger partial charge in [-0.25, -0.2) is 0 Å².